The number of fused-ring (bicyclic) bond motifs is 1. The molecule has 1 aliphatic heterocycles. The fourth-order valence-corrected chi connectivity index (χ4v) is 4.22. The summed E-state index contributed by atoms with van der Waals surface area (Å²) in [6.07, 6.45) is 1.84. The summed E-state index contributed by atoms with van der Waals surface area (Å²) < 4.78 is 42.1. The third kappa shape index (κ3) is 5.98. The van der Waals surface area contributed by atoms with Gasteiger partial charge in [0.15, 0.2) is 12.0 Å². The zero-order valence-electron chi connectivity index (χ0n) is 14.4. The van der Waals surface area contributed by atoms with Gasteiger partial charge in [-0.25, -0.2) is 4.79 Å². The highest BCUT2D eigenvalue weighted by Gasteiger charge is 2.38. The van der Waals surface area contributed by atoms with Crippen LogP contribution in [0.25, 0.3) is 0 Å². The van der Waals surface area contributed by atoms with Crippen molar-refractivity contribution in [1.29, 1.82) is 0 Å². The van der Waals surface area contributed by atoms with Crippen molar-refractivity contribution in [3.8, 4) is 0 Å². The van der Waals surface area contributed by atoms with Crippen molar-refractivity contribution >= 4 is 29.8 Å². The van der Waals surface area contributed by atoms with Crippen molar-refractivity contribution in [2.75, 3.05) is 13.7 Å². The molecule has 4 N–H and O–H groups in total. The maximum Gasteiger partial charge on any atom is 0.479 e. The van der Waals surface area contributed by atoms with Crippen molar-refractivity contribution in [3.05, 3.63) is 22.3 Å². The Kier molecular flexibility index (Phi) is 7.52. The lowest BCUT2D eigenvalue weighted by Crippen LogP contribution is -2.47. The second-order valence-corrected chi connectivity index (χ2v) is 7.45. The molecule has 3 atom stereocenters. The van der Waals surface area contributed by atoms with Crippen LogP contribution in [-0.4, -0.2) is 42.8 Å². The number of nitrogens with one attached hydrogen (secondary N) is 4. The number of amides is 2. The van der Waals surface area contributed by atoms with Gasteiger partial charge in [0.1, 0.15) is 11.3 Å². The molecule has 0 aromatic heterocycles. The van der Waals surface area contributed by atoms with Gasteiger partial charge in [0.25, 0.3) is 0 Å². The lowest BCUT2D eigenvalue weighted by Gasteiger charge is -2.25. The average Bonchev–Trinajstić information content (AvgIpc) is 2.93. The number of hydroxylamine groups is 1. The number of carbonyl (C=O) groups excluding carboxylic acids is 1. The quantitative estimate of drug-likeness (QED) is 0.376. The normalized spacial score (nSPS) is 24.0. The summed E-state index contributed by atoms with van der Waals surface area (Å²) in [7, 11) is 1.46. The van der Waals surface area contributed by atoms with Gasteiger partial charge in [-0.1, -0.05) is 11.8 Å². The molecule has 0 radical (unpaired) electrons. The van der Waals surface area contributed by atoms with Crippen LogP contribution >= 0.6 is 23.8 Å². The zero-order valence-corrected chi connectivity index (χ0v) is 16.0. The first kappa shape index (κ1) is 21.2. The van der Waals surface area contributed by atoms with E-state index in [1.54, 1.807) is 13.0 Å². The number of carbonyl (C=O) groups is 1. The second kappa shape index (κ2) is 9.22. The summed E-state index contributed by atoms with van der Waals surface area (Å²) >= 11 is 0.871. The summed E-state index contributed by atoms with van der Waals surface area (Å²) in [5, 5.41) is 8.59. The van der Waals surface area contributed by atoms with Gasteiger partial charge in [0.2, 0.25) is 0 Å². The Hall–Kier alpha value is -1.08. The van der Waals surface area contributed by atoms with E-state index in [2.05, 4.69) is 21.4 Å². The van der Waals surface area contributed by atoms with E-state index in [-0.39, 0.29) is 30.3 Å². The summed E-state index contributed by atoms with van der Waals surface area (Å²) in [6.45, 7) is 4.12. The molecule has 2 rings (SSSR count). The van der Waals surface area contributed by atoms with E-state index in [4.69, 9.17) is 9.02 Å². The van der Waals surface area contributed by atoms with Gasteiger partial charge < -0.3 is 19.7 Å². The molecular formula is C14H21F3N4O3S2. The summed E-state index contributed by atoms with van der Waals surface area (Å²) in [4.78, 5) is 17.6. The minimum absolute atomic E-state index is 0.201. The van der Waals surface area contributed by atoms with E-state index in [1.165, 1.54) is 18.9 Å². The van der Waals surface area contributed by atoms with Crippen molar-refractivity contribution in [2.45, 2.75) is 43.4 Å². The van der Waals surface area contributed by atoms with Gasteiger partial charge in [-0.3, -0.25) is 5.32 Å². The number of hydrogen-bond acceptors (Lipinski definition) is 7. The SMILES string of the molecule is CCNC(=O)NC1NC2CC(OSC(F)(F)F)=CC(C(C)NOC)=C2S1. The molecule has 0 saturated carbocycles. The van der Waals surface area contributed by atoms with Crippen LogP contribution in [0.5, 0.6) is 0 Å². The lowest BCUT2D eigenvalue weighted by atomic mass is 9.97. The zero-order chi connectivity index (χ0) is 19.3. The third-order valence-corrected chi connectivity index (χ3v) is 5.27. The minimum Gasteiger partial charge on any atom is -0.422 e. The third-order valence-electron chi connectivity index (χ3n) is 3.52. The summed E-state index contributed by atoms with van der Waals surface area (Å²) in [6, 6.07) is -0.847. The molecule has 0 aromatic rings. The maximum atomic E-state index is 12.4. The molecular weight excluding hydrogens is 393 g/mol. The highest BCUT2D eigenvalue weighted by molar-refractivity contribution is 8.04. The molecule has 0 spiro atoms. The smallest absolute Gasteiger partial charge is 0.422 e. The van der Waals surface area contributed by atoms with Crippen LogP contribution in [0.1, 0.15) is 20.3 Å². The molecule has 0 bridgehead atoms. The van der Waals surface area contributed by atoms with Gasteiger partial charge in [0.05, 0.1) is 13.2 Å². The number of alkyl halides is 3. The number of rotatable bonds is 7. The molecule has 0 aromatic carbocycles. The highest BCUT2D eigenvalue weighted by Crippen LogP contribution is 2.42. The van der Waals surface area contributed by atoms with Gasteiger partial charge in [0, 0.05) is 23.9 Å². The molecule has 3 unspecified atom stereocenters. The standard InChI is InChI=1S/C14H21F3N4O3S2/c1-4-18-12(22)20-13-19-10-6-8(24-26-14(15,16)17)5-9(11(10)25-13)7(2)21-23-3/h5,7,10,13,19,21H,4,6H2,1-3H3,(H2,18,20,22). The Balaban J connectivity index is 2.14. The first-order valence-corrected chi connectivity index (χ1v) is 9.48. The summed E-state index contributed by atoms with van der Waals surface area (Å²) in [5.74, 6) is 0.201. The number of hydrogen-bond donors (Lipinski definition) is 4. The van der Waals surface area contributed by atoms with Gasteiger partial charge >= 0.3 is 11.5 Å². The predicted octanol–water partition coefficient (Wildman–Crippen LogP) is 2.56. The Morgan fingerprint density at radius 1 is 1.54 bits per heavy atom. The predicted molar refractivity (Wildman–Crippen MR) is 94.6 cm³/mol. The van der Waals surface area contributed by atoms with Crippen molar-refractivity contribution in [2.24, 2.45) is 0 Å². The monoisotopic (exact) mass is 414 g/mol. The van der Waals surface area contributed by atoms with E-state index >= 15 is 0 Å². The van der Waals surface area contributed by atoms with Crippen LogP contribution < -0.4 is 21.4 Å². The largest absolute Gasteiger partial charge is 0.479 e. The van der Waals surface area contributed by atoms with E-state index in [0.29, 0.717) is 6.54 Å². The van der Waals surface area contributed by atoms with E-state index in [0.717, 1.165) is 10.5 Å². The minimum atomic E-state index is -4.48. The first-order chi connectivity index (χ1) is 12.2. The number of urea groups is 1. The van der Waals surface area contributed by atoms with Gasteiger partial charge in [-0.2, -0.15) is 18.7 Å². The van der Waals surface area contributed by atoms with Crippen LogP contribution in [0.4, 0.5) is 18.0 Å². The maximum absolute atomic E-state index is 12.4. The second-order valence-electron chi connectivity index (χ2n) is 5.51. The van der Waals surface area contributed by atoms with Crippen LogP contribution in [-0.2, 0) is 9.02 Å². The summed E-state index contributed by atoms with van der Waals surface area (Å²) in [5.41, 5.74) is -1.36. The molecule has 26 heavy (non-hydrogen) atoms. The van der Waals surface area contributed by atoms with Crippen molar-refractivity contribution < 1.29 is 27.0 Å². The van der Waals surface area contributed by atoms with E-state index in [9.17, 15) is 18.0 Å². The van der Waals surface area contributed by atoms with Crippen LogP contribution in [0, 0.1) is 0 Å². The molecule has 2 aliphatic rings. The Bertz CT molecular complexity index is 586. The van der Waals surface area contributed by atoms with E-state index < -0.39 is 23.0 Å². The van der Waals surface area contributed by atoms with Crippen LogP contribution in [0.15, 0.2) is 22.3 Å². The highest BCUT2D eigenvalue weighted by atomic mass is 32.2. The average molecular weight is 414 g/mol. The molecule has 1 aliphatic carbocycles. The lowest BCUT2D eigenvalue weighted by molar-refractivity contribution is -0.0385. The Morgan fingerprint density at radius 2 is 2.27 bits per heavy atom. The van der Waals surface area contributed by atoms with Crippen LogP contribution in [0.3, 0.4) is 0 Å². The molecule has 7 nitrogen and oxygen atoms in total. The van der Waals surface area contributed by atoms with Crippen molar-refractivity contribution in [3.63, 3.8) is 0 Å². The van der Waals surface area contributed by atoms with Crippen LogP contribution in [0.2, 0.25) is 0 Å². The number of thioether (sulfide) groups is 1. The fourth-order valence-electron chi connectivity index (χ4n) is 2.57. The fraction of sp³-hybridized carbons (Fsp3) is 0.643. The van der Waals surface area contributed by atoms with Gasteiger partial charge in [-0.05, 0) is 25.5 Å². The topological polar surface area (TPSA) is 83.7 Å². The van der Waals surface area contributed by atoms with Gasteiger partial charge in [-0.15, -0.1) is 0 Å². The molecule has 2 amide bonds. The van der Waals surface area contributed by atoms with Crippen molar-refractivity contribution in [1.82, 2.24) is 21.4 Å². The molecule has 1 saturated heterocycles. The molecule has 1 heterocycles. The number of halogens is 3. The first-order valence-electron chi connectivity index (χ1n) is 7.86. The van der Waals surface area contributed by atoms with E-state index in [1.807, 2.05) is 6.92 Å². The molecule has 1 fully saturated rings. The molecule has 12 heteroatoms. The molecule has 148 valence electrons. The Morgan fingerprint density at radius 3 is 2.88 bits per heavy atom. The Labute approximate surface area is 158 Å².